The van der Waals surface area contributed by atoms with Gasteiger partial charge < -0.3 is 10.6 Å². The topological polar surface area (TPSA) is 24.1 Å². The molecule has 2 aliphatic rings. The first-order valence-electron chi connectivity index (χ1n) is 4.30. The molecule has 0 aromatic heterocycles. The van der Waals surface area contributed by atoms with E-state index >= 15 is 0 Å². The van der Waals surface area contributed by atoms with Gasteiger partial charge in [-0.3, -0.25) is 0 Å². The molecule has 0 radical (unpaired) electrons. The van der Waals surface area contributed by atoms with Gasteiger partial charge in [-0.1, -0.05) is 0 Å². The SMILES string of the molecule is C[C@@H]1CNCC2C[C@H]2CN1. The maximum Gasteiger partial charge on any atom is 0.0164 e. The van der Waals surface area contributed by atoms with E-state index in [9.17, 15) is 0 Å². The highest BCUT2D eigenvalue weighted by molar-refractivity contribution is 4.91. The van der Waals surface area contributed by atoms with Crippen LogP contribution in [-0.2, 0) is 0 Å². The molecular formula is C8H16N2. The van der Waals surface area contributed by atoms with Crippen LogP contribution in [0.5, 0.6) is 0 Å². The first-order valence-corrected chi connectivity index (χ1v) is 4.30. The van der Waals surface area contributed by atoms with E-state index in [0.717, 1.165) is 18.4 Å². The summed E-state index contributed by atoms with van der Waals surface area (Å²) in [5.41, 5.74) is 0. The fourth-order valence-electron chi connectivity index (χ4n) is 1.72. The van der Waals surface area contributed by atoms with Crippen LogP contribution in [0.2, 0.25) is 0 Å². The molecule has 0 amide bonds. The highest BCUT2D eigenvalue weighted by Crippen LogP contribution is 2.37. The summed E-state index contributed by atoms with van der Waals surface area (Å²) in [6.07, 6.45) is 1.45. The zero-order valence-electron chi connectivity index (χ0n) is 6.56. The third kappa shape index (κ3) is 1.32. The number of fused-ring (bicyclic) bond motifs is 1. The molecule has 1 aliphatic carbocycles. The highest BCUT2D eigenvalue weighted by Gasteiger charge is 2.37. The van der Waals surface area contributed by atoms with Crippen LogP contribution in [0.3, 0.4) is 0 Å². The fraction of sp³-hybridized carbons (Fsp3) is 1.00. The Hall–Kier alpha value is -0.0800. The average molecular weight is 140 g/mol. The van der Waals surface area contributed by atoms with Crippen molar-refractivity contribution in [2.24, 2.45) is 11.8 Å². The first-order chi connectivity index (χ1) is 4.86. The maximum absolute atomic E-state index is 3.51. The van der Waals surface area contributed by atoms with E-state index in [1.165, 1.54) is 19.5 Å². The number of rotatable bonds is 0. The molecule has 0 spiro atoms. The largest absolute Gasteiger partial charge is 0.315 e. The molecule has 0 bridgehead atoms. The van der Waals surface area contributed by atoms with E-state index in [1.54, 1.807) is 0 Å². The van der Waals surface area contributed by atoms with Crippen LogP contribution in [0.4, 0.5) is 0 Å². The average Bonchev–Trinajstić information content (AvgIpc) is 2.59. The normalized spacial score (nSPS) is 47.1. The summed E-state index contributed by atoms with van der Waals surface area (Å²) in [5.74, 6) is 2.00. The predicted octanol–water partition coefficient (Wildman–Crippen LogP) is 0.204. The lowest BCUT2D eigenvalue weighted by Crippen LogP contribution is -2.40. The van der Waals surface area contributed by atoms with Gasteiger partial charge in [0.2, 0.25) is 0 Å². The zero-order valence-corrected chi connectivity index (χ0v) is 6.56. The summed E-state index contributed by atoms with van der Waals surface area (Å²) >= 11 is 0. The van der Waals surface area contributed by atoms with Gasteiger partial charge in [0.05, 0.1) is 0 Å². The van der Waals surface area contributed by atoms with Crippen molar-refractivity contribution in [2.45, 2.75) is 19.4 Å². The summed E-state index contributed by atoms with van der Waals surface area (Å²) in [6, 6.07) is 0.668. The first kappa shape index (κ1) is 6.62. The van der Waals surface area contributed by atoms with Crippen molar-refractivity contribution in [2.75, 3.05) is 19.6 Å². The molecule has 3 atom stereocenters. The lowest BCUT2D eigenvalue weighted by atomic mass is 10.2. The molecule has 2 fully saturated rings. The van der Waals surface area contributed by atoms with Gasteiger partial charge in [0.15, 0.2) is 0 Å². The summed E-state index contributed by atoms with van der Waals surface area (Å²) in [4.78, 5) is 0. The van der Waals surface area contributed by atoms with Crippen molar-refractivity contribution in [1.29, 1.82) is 0 Å². The minimum absolute atomic E-state index is 0.668. The maximum atomic E-state index is 3.51. The summed E-state index contributed by atoms with van der Waals surface area (Å²) in [5, 5.41) is 6.98. The molecule has 1 heterocycles. The Labute approximate surface area is 62.4 Å². The van der Waals surface area contributed by atoms with Crippen LogP contribution in [0.1, 0.15) is 13.3 Å². The number of hydrogen-bond donors (Lipinski definition) is 2. The van der Waals surface area contributed by atoms with E-state index in [0.29, 0.717) is 6.04 Å². The van der Waals surface area contributed by atoms with Crippen molar-refractivity contribution < 1.29 is 0 Å². The Bertz CT molecular complexity index is 122. The molecule has 2 heteroatoms. The molecule has 10 heavy (non-hydrogen) atoms. The molecule has 58 valence electrons. The quantitative estimate of drug-likeness (QED) is 0.502. The Morgan fingerprint density at radius 3 is 2.80 bits per heavy atom. The predicted molar refractivity (Wildman–Crippen MR) is 41.9 cm³/mol. The zero-order chi connectivity index (χ0) is 6.97. The molecule has 1 aliphatic heterocycles. The van der Waals surface area contributed by atoms with E-state index in [1.807, 2.05) is 0 Å². The van der Waals surface area contributed by atoms with Gasteiger partial charge in [-0.25, -0.2) is 0 Å². The minimum Gasteiger partial charge on any atom is -0.315 e. The van der Waals surface area contributed by atoms with E-state index in [2.05, 4.69) is 17.6 Å². The fourth-order valence-corrected chi connectivity index (χ4v) is 1.72. The molecule has 0 aromatic carbocycles. The standard InChI is InChI=1S/C8H16N2/c1-6-3-9-4-7-2-8(7)5-10-6/h6-10H,2-5H2,1H3/t6-,7?,8+/m1/s1. The van der Waals surface area contributed by atoms with Gasteiger partial charge in [-0.2, -0.15) is 0 Å². The third-order valence-corrected chi connectivity index (χ3v) is 2.65. The summed E-state index contributed by atoms with van der Waals surface area (Å²) in [7, 11) is 0. The van der Waals surface area contributed by atoms with Crippen molar-refractivity contribution in [3.8, 4) is 0 Å². The Morgan fingerprint density at radius 2 is 1.90 bits per heavy atom. The smallest absolute Gasteiger partial charge is 0.0164 e. The second-order valence-corrected chi connectivity index (χ2v) is 3.72. The van der Waals surface area contributed by atoms with Gasteiger partial charge in [0.25, 0.3) is 0 Å². The lowest BCUT2D eigenvalue weighted by molar-refractivity contribution is 0.440. The Morgan fingerprint density at radius 1 is 1.10 bits per heavy atom. The van der Waals surface area contributed by atoms with E-state index in [-0.39, 0.29) is 0 Å². The van der Waals surface area contributed by atoms with Crippen LogP contribution in [-0.4, -0.2) is 25.7 Å². The van der Waals surface area contributed by atoms with E-state index < -0.39 is 0 Å². The van der Waals surface area contributed by atoms with Crippen LogP contribution >= 0.6 is 0 Å². The third-order valence-electron chi connectivity index (χ3n) is 2.65. The second kappa shape index (κ2) is 2.51. The number of hydrogen-bond acceptors (Lipinski definition) is 2. The highest BCUT2D eigenvalue weighted by atomic mass is 15.0. The van der Waals surface area contributed by atoms with Gasteiger partial charge >= 0.3 is 0 Å². The van der Waals surface area contributed by atoms with Crippen molar-refractivity contribution in [1.82, 2.24) is 10.6 Å². The van der Waals surface area contributed by atoms with Crippen LogP contribution in [0, 0.1) is 11.8 Å². The van der Waals surface area contributed by atoms with Crippen molar-refractivity contribution in [3.63, 3.8) is 0 Å². The number of nitrogens with one attached hydrogen (secondary N) is 2. The molecule has 2 nitrogen and oxygen atoms in total. The molecule has 1 saturated carbocycles. The molecule has 2 N–H and O–H groups in total. The Balaban J connectivity index is 1.83. The molecule has 1 unspecified atom stereocenters. The molecule has 2 rings (SSSR count). The van der Waals surface area contributed by atoms with Crippen molar-refractivity contribution >= 4 is 0 Å². The minimum atomic E-state index is 0.668. The molecule has 1 saturated heterocycles. The Kier molecular flexibility index (Phi) is 1.66. The lowest BCUT2D eigenvalue weighted by Gasteiger charge is -2.17. The van der Waals surface area contributed by atoms with Crippen molar-refractivity contribution in [3.05, 3.63) is 0 Å². The molecular weight excluding hydrogens is 124 g/mol. The second-order valence-electron chi connectivity index (χ2n) is 3.72. The van der Waals surface area contributed by atoms with E-state index in [4.69, 9.17) is 0 Å². The van der Waals surface area contributed by atoms with Gasteiger partial charge in [-0.05, 0) is 38.3 Å². The van der Waals surface area contributed by atoms with Gasteiger partial charge in [0.1, 0.15) is 0 Å². The van der Waals surface area contributed by atoms with Crippen LogP contribution in [0.15, 0.2) is 0 Å². The van der Waals surface area contributed by atoms with Gasteiger partial charge in [0, 0.05) is 12.6 Å². The molecule has 0 aromatic rings. The van der Waals surface area contributed by atoms with Crippen LogP contribution in [0.25, 0.3) is 0 Å². The monoisotopic (exact) mass is 140 g/mol. The van der Waals surface area contributed by atoms with Crippen LogP contribution < -0.4 is 10.6 Å². The summed E-state index contributed by atoms with van der Waals surface area (Å²) < 4.78 is 0. The van der Waals surface area contributed by atoms with Gasteiger partial charge in [-0.15, -0.1) is 0 Å². The summed E-state index contributed by atoms with van der Waals surface area (Å²) in [6.45, 7) is 5.91.